The number of aliphatic carboxylic acids is 1. The highest BCUT2D eigenvalue weighted by atomic mass is 19.4. The van der Waals surface area contributed by atoms with E-state index in [1.165, 1.54) is 17.9 Å². The van der Waals surface area contributed by atoms with Crippen LogP contribution in [0.25, 0.3) is 6.08 Å². The molecule has 2 aromatic carbocycles. The van der Waals surface area contributed by atoms with Crippen LogP contribution in [0.1, 0.15) is 53.6 Å². The van der Waals surface area contributed by atoms with Crippen molar-refractivity contribution in [1.82, 2.24) is 14.8 Å². The first kappa shape index (κ1) is 25.8. The van der Waals surface area contributed by atoms with Gasteiger partial charge in [-0.25, -0.2) is 14.5 Å². The van der Waals surface area contributed by atoms with Gasteiger partial charge in [0.25, 0.3) is 0 Å². The average Bonchev–Trinajstić information content (AvgIpc) is 3.26. The molecule has 0 aliphatic heterocycles. The minimum absolute atomic E-state index is 0.0104. The molecule has 35 heavy (non-hydrogen) atoms. The second kappa shape index (κ2) is 10.2. The Labute approximate surface area is 199 Å². The molecule has 0 aliphatic carbocycles. The van der Waals surface area contributed by atoms with Gasteiger partial charge in [0.2, 0.25) is 5.78 Å². The Bertz CT molecular complexity index is 1210. The molecule has 1 N–H and O–H groups in total. The molecule has 1 atom stereocenters. The van der Waals surface area contributed by atoms with E-state index in [9.17, 15) is 22.8 Å². The van der Waals surface area contributed by atoms with Crippen LogP contribution in [0.2, 0.25) is 0 Å². The molecular formula is C25H24F3N3O4. The Morgan fingerprint density at radius 3 is 2.23 bits per heavy atom. The summed E-state index contributed by atoms with van der Waals surface area (Å²) in [6.07, 6.45) is -0.649. The van der Waals surface area contributed by atoms with Gasteiger partial charge in [0.15, 0.2) is 11.9 Å². The van der Waals surface area contributed by atoms with E-state index in [0.717, 1.165) is 35.4 Å². The third-order valence-electron chi connectivity index (χ3n) is 5.31. The van der Waals surface area contributed by atoms with Gasteiger partial charge >= 0.3 is 12.1 Å². The van der Waals surface area contributed by atoms with Gasteiger partial charge in [-0.3, -0.25) is 4.79 Å². The van der Waals surface area contributed by atoms with Crippen molar-refractivity contribution in [2.24, 2.45) is 0 Å². The van der Waals surface area contributed by atoms with Crippen LogP contribution in [0.5, 0.6) is 0 Å². The number of hydrogen-bond acceptors (Lipinski definition) is 5. The molecule has 10 heteroatoms. The third kappa shape index (κ3) is 6.42. The highest BCUT2D eigenvalue weighted by molar-refractivity contribution is 6.06. The minimum Gasteiger partial charge on any atom is -0.479 e. The van der Waals surface area contributed by atoms with E-state index >= 15 is 0 Å². The normalized spacial score (nSPS) is 13.2. The Hall–Kier alpha value is -3.79. The standard InChI is InChI=1S/C25H24F3N3O4/c1-16(23(33)34)35-24(2,3)19-10-6-17(7-11-19)5-4-14-31-22(29-15-30-31)21(32)18-8-12-20(13-9-18)25(26,27)28/h4-13,15-16H,14H2,1-3H3,(H,33,34)/b5-4+/t16-/m1/s1. The van der Waals surface area contributed by atoms with Crippen molar-refractivity contribution in [2.45, 2.75) is 45.2 Å². The molecule has 0 spiro atoms. The van der Waals surface area contributed by atoms with E-state index in [2.05, 4.69) is 10.1 Å². The van der Waals surface area contributed by atoms with Crippen LogP contribution in [0, 0.1) is 0 Å². The Morgan fingerprint density at radius 1 is 1.06 bits per heavy atom. The largest absolute Gasteiger partial charge is 0.479 e. The highest BCUT2D eigenvalue weighted by Crippen LogP contribution is 2.29. The van der Waals surface area contributed by atoms with Crippen LogP contribution in [0.15, 0.2) is 60.9 Å². The molecule has 0 unspecified atom stereocenters. The number of ether oxygens (including phenoxy) is 1. The van der Waals surface area contributed by atoms with E-state index in [4.69, 9.17) is 9.84 Å². The molecule has 1 aromatic heterocycles. The topological polar surface area (TPSA) is 94.3 Å². The minimum atomic E-state index is -4.48. The summed E-state index contributed by atoms with van der Waals surface area (Å²) in [6, 6.07) is 11.3. The van der Waals surface area contributed by atoms with E-state index in [1.54, 1.807) is 19.9 Å². The lowest BCUT2D eigenvalue weighted by Gasteiger charge is -2.28. The maximum Gasteiger partial charge on any atom is 0.416 e. The molecule has 7 nitrogen and oxygen atoms in total. The number of rotatable bonds is 9. The monoisotopic (exact) mass is 487 g/mol. The molecule has 0 fully saturated rings. The summed E-state index contributed by atoms with van der Waals surface area (Å²) in [5, 5.41) is 13.1. The average molecular weight is 487 g/mol. The van der Waals surface area contributed by atoms with Crippen molar-refractivity contribution in [3.05, 3.63) is 89.0 Å². The first-order valence-electron chi connectivity index (χ1n) is 10.7. The van der Waals surface area contributed by atoms with Crippen LogP contribution in [0.3, 0.4) is 0 Å². The van der Waals surface area contributed by atoms with Crippen molar-refractivity contribution in [2.75, 3.05) is 0 Å². The second-order valence-corrected chi connectivity index (χ2v) is 8.30. The zero-order valence-corrected chi connectivity index (χ0v) is 19.3. The van der Waals surface area contributed by atoms with Gasteiger partial charge in [-0.15, -0.1) is 0 Å². The van der Waals surface area contributed by atoms with E-state index in [0.29, 0.717) is 0 Å². The number of benzene rings is 2. The summed E-state index contributed by atoms with van der Waals surface area (Å²) in [7, 11) is 0. The smallest absolute Gasteiger partial charge is 0.416 e. The summed E-state index contributed by atoms with van der Waals surface area (Å²) >= 11 is 0. The number of carbonyl (C=O) groups excluding carboxylic acids is 1. The van der Waals surface area contributed by atoms with Crippen LogP contribution in [0.4, 0.5) is 13.2 Å². The summed E-state index contributed by atoms with van der Waals surface area (Å²) in [5.74, 6) is -1.56. The van der Waals surface area contributed by atoms with Crippen LogP contribution < -0.4 is 0 Å². The van der Waals surface area contributed by atoms with Gasteiger partial charge in [0.1, 0.15) is 6.33 Å². The second-order valence-electron chi connectivity index (χ2n) is 8.30. The lowest BCUT2D eigenvalue weighted by atomic mass is 9.96. The molecule has 3 rings (SSSR count). The molecule has 1 heterocycles. The highest BCUT2D eigenvalue weighted by Gasteiger charge is 2.30. The number of ketones is 1. The van der Waals surface area contributed by atoms with Crippen molar-refractivity contribution in [3.63, 3.8) is 0 Å². The fraction of sp³-hybridized carbons (Fsp3) is 0.280. The summed E-state index contributed by atoms with van der Waals surface area (Å²) in [4.78, 5) is 27.7. The quantitative estimate of drug-likeness (QED) is 0.429. The molecular weight excluding hydrogens is 463 g/mol. The number of hydrogen-bond donors (Lipinski definition) is 1. The van der Waals surface area contributed by atoms with Crippen LogP contribution >= 0.6 is 0 Å². The van der Waals surface area contributed by atoms with Gasteiger partial charge in [-0.05, 0) is 44.0 Å². The van der Waals surface area contributed by atoms with E-state index in [1.807, 2.05) is 30.3 Å². The first-order valence-corrected chi connectivity index (χ1v) is 10.7. The number of allylic oxidation sites excluding steroid dienone is 1. The molecule has 0 radical (unpaired) electrons. The van der Waals surface area contributed by atoms with Crippen molar-refractivity contribution >= 4 is 17.8 Å². The zero-order valence-electron chi connectivity index (χ0n) is 19.3. The van der Waals surface area contributed by atoms with E-state index in [-0.39, 0.29) is 17.9 Å². The molecule has 0 saturated heterocycles. The Morgan fingerprint density at radius 2 is 1.66 bits per heavy atom. The SMILES string of the molecule is C[C@@H](OC(C)(C)c1ccc(/C=C/Cn2ncnc2C(=O)c2ccc(C(F)(F)F)cc2)cc1)C(=O)O. The number of halogens is 3. The molecule has 0 amide bonds. The predicted molar refractivity (Wildman–Crippen MR) is 122 cm³/mol. The lowest BCUT2D eigenvalue weighted by Crippen LogP contribution is -2.31. The van der Waals surface area contributed by atoms with Crippen molar-refractivity contribution in [1.29, 1.82) is 0 Å². The fourth-order valence-electron chi connectivity index (χ4n) is 3.36. The number of aromatic nitrogens is 3. The first-order chi connectivity index (χ1) is 16.4. The zero-order chi connectivity index (χ0) is 25.8. The Balaban J connectivity index is 1.67. The summed E-state index contributed by atoms with van der Waals surface area (Å²) in [5.41, 5.74) is 0.105. The molecule has 184 valence electrons. The van der Waals surface area contributed by atoms with Gasteiger partial charge in [0.05, 0.1) is 17.7 Å². The van der Waals surface area contributed by atoms with Gasteiger partial charge in [0, 0.05) is 5.56 Å². The molecule has 3 aromatic rings. The number of alkyl halides is 3. The van der Waals surface area contributed by atoms with Crippen molar-refractivity contribution < 1.29 is 32.6 Å². The number of carboxylic acids is 1. The maximum absolute atomic E-state index is 12.8. The third-order valence-corrected chi connectivity index (χ3v) is 5.31. The van der Waals surface area contributed by atoms with Crippen LogP contribution in [-0.2, 0) is 27.9 Å². The number of carbonyl (C=O) groups is 2. The molecule has 0 aliphatic rings. The predicted octanol–water partition coefficient (Wildman–Crippen LogP) is 4.97. The number of carboxylic acid groups (broad SMARTS) is 1. The van der Waals surface area contributed by atoms with Gasteiger partial charge in [-0.2, -0.15) is 18.3 Å². The van der Waals surface area contributed by atoms with Crippen molar-refractivity contribution in [3.8, 4) is 0 Å². The maximum atomic E-state index is 12.8. The van der Waals surface area contributed by atoms with Gasteiger partial charge < -0.3 is 9.84 Å². The van der Waals surface area contributed by atoms with Gasteiger partial charge in [-0.1, -0.05) is 48.6 Å². The lowest BCUT2D eigenvalue weighted by molar-refractivity contribution is -0.160. The summed E-state index contributed by atoms with van der Waals surface area (Å²) in [6.45, 7) is 5.27. The molecule has 0 saturated carbocycles. The summed E-state index contributed by atoms with van der Waals surface area (Å²) < 4.78 is 45.2. The fourth-order valence-corrected chi connectivity index (χ4v) is 3.36. The molecule has 0 bridgehead atoms. The number of nitrogens with zero attached hydrogens (tertiary/aromatic N) is 3. The van der Waals surface area contributed by atoms with E-state index < -0.39 is 35.2 Å². The van der Waals surface area contributed by atoms with Crippen LogP contribution in [-0.4, -0.2) is 37.7 Å². The Kier molecular flexibility index (Phi) is 7.54.